The summed E-state index contributed by atoms with van der Waals surface area (Å²) in [7, 11) is 0. The summed E-state index contributed by atoms with van der Waals surface area (Å²) >= 11 is 3.47. The molecule has 0 bridgehead atoms. The third-order valence-corrected chi connectivity index (χ3v) is 9.87. The van der Waals surface area contributed by atoms with Crippen molar-refractivity contribution in [2.45, 2.75) is 45.8 Å². The van der Waals surface area contributed by atoms with Crippen LogP contribution in [-0.2, 0) is 5.41 Å². The van der Waals surface area contributed by atoms with Gasteiger partial charge < -0.3 is 9.80 Å². The number of para-hydroxylation sites is 4. The van der Waals surface area contributed by atoms with Gasteiger partial charge in [-0.3, -0.25) is 0 Å². The van der Waals surface area contributed by atoms with E-state index in [0.29, 0.717) is 11.1 Å². The van der Waals surface area contributed by atoms with Crippen LogP contribution in [0.1, 0.15) is 37.5 Å². The first-order chi connectivity index (χ1) is 20.4. The summed E-state index contributed by atoms with van der Waals surface area (Å²) in [6.45, 7) is 6.25. The standard InChI is InChI=1S/C36H26N4S2/c1-36(2,3)35-23(21-37)29(39-25-12-4-8-16-31(25)41-32-17-9-5-13-26(32)39)20-30(24(35)22-38)40-27-14-6-10-18-33(27)42-34-19-11-7-15-28(34)40/h4-20H,1-3H3. The Bertz CT molecular complexity index is 1750. The van der Waals surface area contributed by atoms with Crippen LogP contribution in [0.15, 0.2) is 123 Å². The number of rotatable bonds is 2. The summed E-state index contributed by atoms with van der Waals surface area (Å²) in [6, 6.07) is 40.4. The number of hydrogen-bond acceptors (Lipinski definition) is 6. The second-order valence-electron chi connectivity index (χ2n) is 11.3. The lowest BCUT2D eigenvalue weighted by molar-refractivity contribution is 0.587. The molecule has 4 nitrogen and oxygen atoms in total. The topological polar surface area (TPSA) is 54.1 Å². The van der Waals surface area contributed by atoms with Gasteiger partial charge in [0.2, 0.25) is 0 Å². The summed E-state index contributed by atoms with van der Waals surface area (Å²) in [5, 5.41) is 21.6. The molecule has 0 saturated carbocycles. The largest absolute Gasteiger partial charge is 0.307 e. The number of fused-ring (bicyclic) bond motifs is 4. The van der Waals surface area contributed by atoms with Gasteiger partial charge in [0, 0.05) is 19.6 Å². The molecule has 0 saturated heterocycles. The van der Waals surface area contributed by atoms with E-state index in [1.807, 2.05) is 48.5 Å². The van der Waals surface area contributed by atoms with Crippen LogP contribution in [0.5, 0.6) is 0 Å². The van der Waals surface area contributed by atoms with Gasteiger partial charge in [-0.25, -0.2) is 0 Å². The minimum atomic E-state index is -0.478. The fourth-order valence-electron chi connectivity index (χ4n) is 5.91. The molecular weight excluding hydrogens is 553 g/mol. The van der Waals surface area contributed by atoms with E-state index in [1.54, 1.807) is 23.5 Å². The number of hydrogen-bond donors (Lipinski definition) is 0. The molecule has 0 aliphatic carbocycles. The lowest BCUT2D eigenvalue weighted by atomic mass is 9.79. The number of anilines is 6. The van der Waals surface area contributed by atoms with Gasteiger partial charge in [0.15, 0.2) is 0 Å². The smallest absolute Gasteiger partial charge is 0.102 e. The molecule has 5 aromatic rings. The summed E-state index contributed by atoms with van der Waals surface area (Å²) in [6.07, 6.45) is 0. The summed E-state index contributed by atoms with van der Waals surface area (Å²) in [5.74, 6) is 0. The fraction of sp³-hybridized carbons (Fsp3) is 0.111. The monoisotopic (exact) mass is 578 g/mol. The van der Waals surface area contributed by atoms with Crippen LogP contribution in [0.4, 0.5) is 34.1 Å². The maximum atomic E-state index is 10.8. The van der Waals surface area contributed by atoms with Crippen LogP contribution < -0.4 is 9.80 Å². The highest BCUT2D eigenvalue weighted by Gasteiger charge is 2.35. The fourth-order valence-corrected chi connectivity index (χ4v) is 8.03. The minimum absolute atomic E-state index is 0.478. The Balaban J connectivity index is 1.61. The second kappa shape index (κ2) is 10.0. The van der Waals surface area contributed by atoms with Crippen molar-refractivity contribution in [1.29, 1.82) is 10.5 Å². The van der Waals surface area contributed by atoms with Crippen molar-refractivity contribution in [3.63, 3.8) is 0 Å². The van der Waals surface area contributed by atoms with E-state index in [0.717, 1.165) is 59.3 Å². The van der Waals surface area contributed by atoms with E-state index < -0.39 is 5.41 Å². The molecule has 7 rings (SSSR count). The third kappa shape index (κ3) is 4.07. The zero-order valence-electron chi connectivity index (χ0n) is 23.4. The first-order valence-electron chi connectivity index (χ1n) is 13.7. The Morgan fingerprint density at radius 2 is 0.810 bits per heavy atom. The molecule has 42 heavy (non-hydrogen) atoms. The Labute approximate surface area is 254 Å². The van der Waals surface area contributed by atoms with Crippen LogP contribution >= 0.6 is 23.5 Å². The molecule has 6 heteroatoms. The van der Waals surface area contributed by atoms with Gasteiger partial charge in [-0.2, -0.15) is 10.5 Å². The molecule has 0 aromatic heterocycles. The summed E-state index contributed by atoms with van der Waals surface area (Å²) in [5.41, 5.74) is 6.92. The molecule has 2 aliphatic heterocycles. The zero-order valence-corrected chi connectivity index (χ0v) is 25.1. The average molecular weight is 579 g/mol. The molecular formula is C36H26N4S2. The van der Waals surface area contributed by atoms with E-state index in [4.69, 9.17) is 0 Å². The van der Waals surface area contributed by atoms with Crippen LogP contribution in [0.3, 0.4) is 0 Å². The van der Waals surface area contributed by atoms with Crippen LogP contribution in [0.2, 0.25) is 0 Å². The summed E-state index contributed by atoms with van der Waals surface area (Å²) < 4.78 is 0. The van der Waals surface area contributed by atoms with Crippen LogP contribution in [0, 0.1) is 22.7 Å². The third-order valence-electron chi connectivity index (χ3n) is 7.61. The highest BCUT2D eigenvalue weighted by atomic mass is 32.2. The molecule has 2 aliphatic rings. The van der Waals surface area contributed by atoms with Gasteiger partial charge in [-0.15, -0.1) is 0 Å². The Morgan fingerprint density at radius 1 is 0.500 bits per heavy atom. The predicted molar refractivity (Wildman–Crippen MR) is 172 cm³/mol. The van der Waals surface area contributed by atoms with Gasteiger partial charge in [-0.1, -0.05) is 92.8 Å². The van der Waals surface area contributed by atoms with Crippen molar-refractivity contribution in [3.8, 4) is 12.1 Å². The quantitative estimate of drug-likeness (QED) is 0.203. The molecule has 0 amide bonds. The number of nitrogens with zero attached hydrogens (tertiary/aromatic N) is 4. The van der Waals surface area contributed by atoms with E-state index in [-0.39, 0.29) is 0 Å². The van der Waals surface area contributed by atoms with Gasteiger partial charge in [-0.05, 0) is 65.6 Å². The highest BCUT2D eigenvalue weighted by Crippen LogP contribution is 2.57. The van der Waals surface area contributed by atoms with Crippen molar-refractivity contribution < 1.29 is 0 Å². The SMILES string of the molecule is CC(C)(C)c1c(C#N)c(N2c3ccccc3Sc3ccccc32)cc(N2c3ccccc3Sc3ccccc32)c1C#N. The number of benzene rings is 5. The van der Waals surface area contributed by atoms with Crippen LogP contribution in [-0.4, -0.2) is 0 Å². The van der Waals surface area contributed by atoms with Crippen molar-refractivity contribution in [2.24, 2.45) is 0 Å². The molecule has 0 atom stereocenters. The van der Waals surface area contributed by atoms with E-state index >= 15 is 0 Å². The normalized spacial score (nSPS) is 13.3. The molecule has 0 N–H and O–H groups in total. The van der Waals surface area contributed by atoms with Crippen molar-refractivity contribution in [3.05, 3.63) is 120 Å². The highest BCUT2D eigenvalue weighted by molar-refractivity contribution is 8.00. The molecule has 202 valence electrons. The summed E-state index contributed by atoms with van der Waals surface area (Å²) in [4.78, 5) is 8.88. The van der Waals surface area contributed by atoms with Gasteiger partial charge >= 0.3 is 0 Å². The zero-order chi connectivity index (χ0) is 29.0. The van der Waals surface area contributed by atoms with E-state index in [1.165, 1.54) is 0 Å². The maximum Gasteiger partial charge on any atom is 0.102 e. The van der Waals surface area contributed by atoms with Crippen molar-refractivity contribution >= 4 is 57.6 Å². The predicted octanol–water partition coefficient (Wildman–Crippen LogP) is 10.6. The first kappa shape index (κ1) is 26.3. The molecule has 0 fully saturated rings. The average Bonchev–Trinajstić information content (AvgIpc) is 3.01. The maximum absolute atomic E-state index is 10.8. The van der Waals surface area contributed by atoms with Crippen LogP contribution in [0.25, 0.3) is 0 Å². The lowest BCUT2D eigenvalue weighted by Crippen LogP contribution is -2.24. The molecule has 0 unspecified atom stereocenters. The first-order valence-corrected chi connectivity index (χ1v) is 15.4. The molecule has 0 radical (unpaired) electrons. The van der Waals surface area contributed by atoms with Gasteiger partial charge in [0.05, 0.1) is 45.3 Å². The van der Waals surface area contributed by atoms with Gasteiger partial charge in [0.25, 0.3) is 0 Å². The Morgan fingerprint density at radius 3 is 1.10 bits per heavy atom. The molecule has 0 spiro atoms. The lowest BCUT2D eigenvalue weighted by Gasteiger charge is -2.38. The Kier molecular flexibility index (Phi) is 6.28. The number of nitriles is 2. The van der Waals surface area contributed by atoms with E-state index in [2.05, 4.69) is 97.3 Å². The second-order valence-corrected chi connectivity index (χ2v) is 13.4. The molecule has 5 aromatic carbocycles. The van der Waals surface area contributed by atoms with E-state index in [9.17, 15) is 10.5 Å². The van der Waals surface area contributed by atoms with Crippen molar-refractivity contribution in [1.82, 2.24) is 0 Å². The Hall–Kier alpha value is -4.62. The van der Waals surface area contributed by atoms with Gasteiger partial charge in [0.1, 0.15) is 12.1 Å². The minimum Gasteiger partial charge on any atom is -0.307 e. The molecule has 2 heterocycles. The van der Waals surface area contributed by atoms with Crippen molar-refractivity contribution in [2.75, 3.05) is 9.80 Å².